The van der Waals surface area contributed by atoms with Gasteiger partial charge in [-0.05, 0) is 12.5 Å². The average molecular weight is 150 g/mol. The summed E-state index contributed by atoms with van der Waals surface area (Å²) in [5.74, 6) is 0.999. The second-order valence-electron chi connectivity index (χ2n) is 2.67. The largest absolute Gasteiger partial charge is 0.467 e. The van der Waals surface area contributed by atoms with Crippen LogP contribution >= 0.6 is 0 Å². The highest BCUT2D eigenvalue weighted by Crippen LogP contribution is 2.26. The van der Waals surface area contributed by atoms with Crippen molar-refractivity contribution in [2.75, 3.05) is 6.79 Å². The Kier molecular flexibility index (Phi) is 1.55. The Balaban J connectivity index is 2.49. The Labute approximate surface area is 65.7 Å². The second-order valence-corrected chi connectivity index (χ2v) is 2.67. The molecule has 58 valence electrons. The van der Waals surface area contributed by atoms with E-state index in [1.807, 2.05) is 25.1 Å². The number of hydrogen-bond acceptors (Lipinski definition) is 2. The van der Waals surface area contributed by atoms with Gasteiger partial charge < -0.3 is 9.47 Å². The number of rotatable bonds is 0. The molecular formula is C9H10O2. The maximum absolute atomic E-state index is 5.33. The molecule has 0 atom stereocenters. The molecule has 1 aromatic rings. The molecule has 0 bridgehead atoms. The summed E-state index contributed by atoms with van der Waals surface area (Å²) in [5.41, 5.74) is 2.34. The van der Waals surface area contributed by atoms with E-state index < -0.39 is 0 Å². The minimum absolute atomic E-state index is 0.387. The van der Waals surface area contributed by atoms with Crippen molar-refractivity contribution in [1.82, 2.24) is 0 Å². The van der Waals surface area contributed by atoms with Crippen molar-refractivity contribution in [1.29, 1.82) is 0 Å². The van der Waals surface area contributed by atoms with E-state index in [0.29, 0.717) is 13.4 Å². The van der Waals surface area contributed by atoms with Crippen LogP contribution in [0, 0.1) is 6.92 Å². The lowest BCUT2D eigenvalue weighted by Gasteiger charge is -2.18. The third kappa shape index (κ3) is 1.10. The summed E-state index contributed by atoms with van der Waals surface area (Å²) in [5, 5.41) is 0. The van der Waals surface area contributed by atoms with Crippen molar-refractivity contribution in [2.24, 2.45) is 0 Å². The van der Waals surface area contributed by atoms with Crippen LogP contribution in [0.4, 0.5) is 0 Å². The Bertz CT molecular complexity index is 268. The minimum Gasteiger partial charge on any atom is -0.467 e. The van der Waals surface area contributed by atoms with E-state index in [1.54, 1.807) is 0 Å². The summed E-state index contributed by atoms with van der Waals surface area (Å²) in [7, 11) is 0. The van der Waals surface area contributed by atoms with Crippen LogP contribution in [-0.4, -0.2) is 6.79 Å². The first-order valence-electron chi connectivity index (χ1n) is 3.67. The van der Waals surface area contributed by atoms with Crippen molar-refractivity contribution >= 4 is 0 Å². The lowest BCUT2D eigenvalue weighted by molar-refractivity contribution is -0.0168. The zero-order chi connectivity index (χ0) is 7.68. The Morgan fingerprint density at radius 2 is 2.27 bits per heavy atom. The predicted molar refractivity (Wildman–Crippen MR) is 41.5 cm³/mol. The normalized spacial score (nSPS) is 15.4. The number of aryl methyl sites for hydroxylation is 1. The Hall–Kier alpha value is -1.02. The van der Waals surface area contributed by atoms with E-state index >= 15 is 0 Å². The van der Waals surface area contributed by atoms with Gasteiger partial charge in [0, 0.05) is 5.56 Å². The van der Waals surface area contributed by atoms with Gasteiger partial charge in [-0.15, -0.1) is 0 Å². The molecule has 2 heteroatoms. The molecule has 1 aliphatic heterocycles. The first-order chi connectivity index (χ1) is 5.38. The van der Waals surface area contributed by atoms with Gasteiger partial charge in [0.1, 0.15) is 5.75 Å². The summed E-state index contributed by atoms with van der Waals surface area (Å²) in [6, 6.07) is 6.10. The van der Waals surface area contributed by atoms with Gasteiger partial charge in [-0.25, -0.2) is 0 Å². The van der Waals surface area contributed by atoms with Gasteiger partial charge in [0.15, 0.2) is 6.79 Å². The van der Waals surface area contributed by atoms with Crippen molar-refractivity contribution in [3.63, 3.8) is 0 Å². The van der Waals surface area contributed by atoms with Gasteiger partial charge >= 0.3 is 0 Å². The van der Waals surface area contributed by atoms with E-state index in [1.165, 1.54) is 5.56 Å². The fourth-order valence-electron chi connectivity index (χ4n) is 1.29. The van der Waals surface area contributed by atoms with Crippen LogP contribution in [0.1, 0.15) is 11.1 Å². The van der Waals surface area contributed by atoms with E-state index in [9.17, 15) is 0 Å². The number of ether oxygens (including phenoxy) is 2. The first kappa shape index (κ1) is 6.68. The minimum atomic E-state index is 0.387. The Morgan fingerprint density at radius 1 is 1.36 bits per heavy atom. The quantitative estimate of drug-likeness (QED) is 0.562. The third-order valence-electron chi connectivity index (χ3n) is 1.84. The first-order valence-corrected chi connectivity index (χ1v) is 3.67. The van der Waals surface area contributed by atoms with Crippen molar-refractivity contribution in [2.45, 2.75) is 13.5 Å². The maximum Gasteiger partial charge on any atom is 0.189 e. The summed E-state index contributed by atoms with van der Waals surface area (Å²) in [4.78, 5) is 0. The smallest absolute Gasteiger partial charge is 0.189 e. The van der Waals surface area contributed by atoms with Crippen LogP contribution in [-0.2, 0) is 11.3 Å². The molecule has 0 N–H and O–H groups in total. The van der Waals surface area contributed by atoms with E-state index in [-0.39, 0.29) is 0 Å². The third-order valence-corrected chi connectivity index (χ3v) is 1.84. The van der Waals surface area contributed by atoms with Gasteiger partial charge in [-0.1, -0.05) is 18.2 Å². The lowest BCUT2D eigenvalue weighted by Crippen LogP contribution is -2.11. The van der Waals surface area contributed by atoms with Gasteiger partial charge in [0.25, 0.3) is 0 Å². The van der Waals surface area contributed by atoms with Gasteiger partial charge in [-0.3, -0.25) is 0 Å². The summed E-state index contributed by atoms with van der Waals surface area (Å²) in [6.07, 6.45) is 0. The monoisotopic (exact) mass is 150 g/mol. The molecule has 0 fully saturated rings. The molecular weight excluding hydrogens is 140 g/mol. The lowest BCUT2D eigenvalue weighted by atomic mass is 10.1. The Morgan fingerprint density at radius 3 is 3.09 bits per heavy atom. The molecule has 1 aromatic carbocycles. The molecule has 2 nitrogen and oxygen atoms in total. The zero-order valence-corrected chi connectivity index (χ0v) is 6.46. The number of para-hydroxylation sites is 1. The molecule has 0 aromatic heterocycles. The van der Waals surface area contributed by atoms with Crippen molar-refractivity contribution < 1.29 is 9.47 Å². The molecule has 2 rings (SSSR count). The molecule has 0 aliphatic carbocycles. The summed E-state index contributed by atoms with van der Waals surface area (Å²) in [6.45, 7) is 3.11. The second kappa shape index (κ2) is 2.55. The zero-order valence-electron chi connectivity index (χ0n) is 6.46. The van der Waals surface area contributed by atoms with Crippen molar-refractivity contribution in [3.05, 3.63) is 29.3 Å². The topological polar surface area (TPSA) is 18.5 Å². The van der Waals surface area contributed by atoms with Crippen LogP contribution < -0.4 is 4.74 Å². The number of benzene rings is 1. The number of fused-ring (bicyclic) bond motifs is 1. The average Bonchev–Trinajstić information content (AvgIpc) is 2.06. The van der Waals surface area contributed by atoms with Crippen LogP contribution in [0.2, 0.25) is 0 Å². The highest BCUT2D eigenvalue weighted by Gasteiger charge is 2.10. The summed E-state index contributed by atoms with van der Waals surface area (Å²) < 4.78 is 10.5. The van der Waals surface area contributed by atoms with Crippen LogP contribution in [0.5, 0.6) is 5.75 Å². The molecule has 0 saturated carbocycles. The SMILES string of the molecule is Cc1cccc2c1OCOC2. The molecule has 1 aliphatic rings. The molecule has 0 amide bonds. The van der Waals surface area contributed by atoms with Gasteiger partial charge in [0.2, 0.25) is 0 Å². The van der Waals surface area contributed by atoms with Crippen LogP contribution in [0.3, 0.4) is 0 Å². The maximum atomic E-state index is 5.33. The van der Waals surface area contributed by atoms with Gasteiger partial charge in [0.05, 0.1) is 6.61 Å². The predicted octanol–water partition coefficient (Wildman–Crippen LogP) is 1.86. The molecule has 1 heterocycles. The standard InChI is InChI=1S/C9H10O2/c1-7-3-2-4-8-5-10-6-11-9(7)8/h2-4H,5-6H2,1H3. The highest BCUT2D eigenvalue weighted by atomic mass is 16.7. The molecule has 0 saturated heterocycles. The van der Waals surface area contributed by atoms with E-state index in [2.05, 4.69) is 0 Å². The summed E-state index contributed by atoms with van der Waals surface area (Å²) >= 11 is 0. The van der Waals surface area contributed by atoms with Crippen LogP contribution in [0.15, 0.2) is 18.2 Å². The highest BCUT2D eigenvalue weighted by molar-refractivity contribution is 5.40. The number of hydrogen-bond donors (Lipinski definition) is 0. The fourth-order valence-corrected chi connectivity index (χ4v) is 1.29. The van der Waals surface area contributed by atoms with Crippen molar-refractivity contribution in [3.8, 4) is 5.75 Å². The molecule has 0 spiro atoms. The van der Waals surface area contributed by atoms with Crippen LogP contribution in [0.25, 0.3) is 0 Å². The van der Waals surface area contributed by atoms with E-state index in [4.69, 9.17) is 9.47 Å². The molecule has 0 unspecified atom stereocenters. The fraction of sp³-hybridized carbons (Fsp3) is 0.333. The van der Waals surface area contributed by atoms with E-state index in [0.717, 1.165) is 11.3 Å². The van der Waals surface area contributed by atoms with Gasteiger partial charge in [-0.2, -0.15) is 0 Å². The molecule has 0 radical (unpaired) electrons. The molecule has 11 heavy (non-hydrogen) atoms.